The van der Waals surface area contributed by atoms with E-state index in [2.05, 4.69) is 10.4 Å². The number of rotatable bonds is 5. The topological polar surface area (TPSA) is 90.3 Å². The number of esters is 1. The molecule has 0 unspecified atom stereocenters. The van der Waals surface area contributed by atoms with Gasteiger partial charge in [-0.25, -0.2) is 9.18 Å². The van der Waals surface area contributed by atoms with E-state index in [-0.39, 0.29) is 29.2 Å². The fourth-order valence-corrected chi connectivity index (χ4v) is 2.68. The summed E-state index contributed by atoms with van der Waals surface area (Å²) in [6.07, 6.45) is 0. The number of carbonyl (C=O) groups is 2. The maximum atomic E-state index is 13.2. The van der Waals surface area contributed by atoms with Crippen molar-refractivity contribution in [1.82, 2.24) is 9.78 Å². The normalized spacial score (nSPS) is 10.4. The summed E-state index contributed by atoms with van der Waals surface area (Å²) in [6, 6.07) is 12.2. The molecule has 0 fully saturated rings. The average molecular weight is 416 g/mol. The van der Waals surface area contributed by atoms with E-state index in [0.29, 0.717) is 5.02 Å². The van der Waals surface area contributed by atoms with Crippen LogP contribution in [0.1, 0.15) is 27.8 Å². The van der Waals surface area contributed by atoms with Crippen LogP contribution < -0.4 is 10.9 Å². The van der Waals surface area contributed by atoms with Gasteiger partial charge < -0.3 is 10.1 Å². The third-order valence-corrected chi connectivity index (χ3v) is 4.04. The molecule has 9 heteroatoms. The highest BCUT2D eigenvalue weighted by molar-refractivity contribution is 6.31. The standard InChI is InChI=1S/C20H15ClFN3O4/c1-2-29-20(28)18-16(23-19(27)12-4-3-5-13(21)10-12)11-17(26)25(24-18)15-8-6-14(22)7-9-15/h3-11H,2H2,1H3,(H,23,27). The van der Waals surface area contributed by atoms with E-state index >= 15 is 0 Å². The number of hydrogen-bond donors (Lipinski definition) is 1. The lowest BCUT2D eigenvalue weighted by atomic mass is 10.2. The Kier molecular flexibility index (Phi) is 6.04. The molecule has 2 aromatic carbocycles. The lowest BCUT2D eigenvalue weighted by molar-refractivity contribution is 0.0518. The number of halogens is 2. The van der Waals surface area contributed by atoms with E-state index in [1.165, 1.54) is 24.3 Å². The monoisotopic (exact) mass is 415 g/mol. The fraction of sp³-hybridized carbons (Fsp3) is 0.100. The Morgan fingerprint density at radius 1 is 1.17 bits per heavy atom. The zero-order valence-electron chi connectivity index (χ0n) is 15.2. The summed E-state index contributed by atoms with van der Waals surface area (Å²) >= 11 is 5.89. The van der Waals surface area contributed by atoms with Crippen molar-refractivity contribution in [2.24, 2.45) is 0 Å². The van der Waals surface area contributed by atoms with E-state index in [1.807, 2.05) is 0 Å². The summed E-state index contributed by atoms with van der Waals surface area (Å²) in [4.78, 5) is 37.4. The summed E-state index contributed by atoms with van der Waals surface area (Å²) in [6.45, 7) is 1.68. The molecule has 1 N–H and O–H groups in total. The van der Waals surface area contributed by atoms with Crippen molar-refractivity contribution < 1.29 is 18.7 Å². The summed E-state index contributed by atoms with van der Waals surface area (Å²) in [5, 5.41) is 6.86. The molecule has 29 heavy (non-hydrogen) atoms. The Labute approximate surface area is 169 Å². The van der Waals surface area contributed by atoms with Gasteiger partial charge in [-0.1, -0.05) is 17.7 Å². The van der Waals surface area contributed by atoms with Crippen molar-refractivity contribution in [3.05, 3.63) is 87.0 Å². The Hall–Kier alpha value is -3.52. The highest BCUT2D eigenvalue weighted by Crippen LogP contribution is 2.17. The number of aromatic nitrogens is 2. The number of ether oxygens (including phenoxy) is 1. The highest BCUT2D eigenvalue weighted by Gasteiger charge is 2.20. The Bertz CT molecular complexity index is 1130. The Morgan fingerprint density at radius 2 is 1.90 bits per heavy atom. The highest BCUT2D eigenvalue weighted by atomic mass is 35.5. The maximum Gasteiger partial charge on any atom is 0.360 e. The first kappa shape index (κ1) is 20.2. The molecule has 0 aliphatic carbocycles. The van der Waals surface area contributed by atoms with Gasteiger partial charge in [0, 0.05) is 16.7 Å². The largest absolute Gasteiger partial charge is 0.461 e. The van der Waals surface area contributed by atoms with Gasteiger partial charge in [-0.2, -0.15) is 9.78 Å². The molecule has 148 valence electrons. The van der Waals surface area contributed by atoms with Crippen LogP contribution in [0.5, 0.6) is 0 Å². The number of amides is 1. The number of benzene rings is 2. The molecule has 1 amide bonds. The second kappa shape index (κ2) is 8.66. The quantitative estimate of drug-likeness (QED) is 0.644. The van der Waals surface area contributed by atoms with Crippen molar-refractivity contribution in [2.75, 3.05) is 11.9 Å². The first-order chi connectivity index (χ1) is 13.9. The molecule has 0 atom stereocenters. The van der Waals surface area contributed by atoms with Gasteiger partial charge in [-0.15, -0.1) is 0 Å². The molecular weight excluding hydrogens is 401 g/mol. The third kappa shape index (κ3) is 4.67. The molecule has 0 saturated carbocycles. The number of nitrogens with zero attached hydrogens (tertiary/aromatic N) is 2. The van der Waals surface area contributed by atoms with Crippen molar-refractivity contribution in [3.8, 4) is 5.69 Å². The van der Waals surface area contributed by atoms with E-state index in [0.717, 1.165) is 22.9 Å². The van der Waals surface area contributed by atoms with Gasteiger partial charge in [-0.3, -0.25) is 9.59 Å². The van der Waals surface area contributed by atoms with Crippen molar-refractivity contribution in [1.29, 1.82) is 0 Å². The number of anilines is 1. The Morgan fingerprint density at radius 3 is 2.55 bits per heavy atom. The second-order valence-electron chi connectivity index (χ2n) is 5.82. The number of carbonyl (C=O) groups excluding carboxylic acids is 2. The van der Waals surface area contributed by atoms with Gasteiger partial charge in [-0.05, 0) is 49.4 Å². The summed E-state index contributed by atoms with van der Waals surface area (Å²) < 4.78 is 19.1. The van der Waals surface area contributed by atoms with E-state index < -0.39 is 23.3 Å². The van der Waals surface area contributed by atoms with Crippen LogP contribution >= 0.6 is 11.6 Å². The molecule has 1 heterocycles. The van der Waals surface area contributed by atoms with Gasteiger partial charge >= 0.3 is 5.97 Å². The lowest BCUT2D eigenvalue weighted by Crippen LogP contribution is -2.27. The van der Waals surface area contributed by atoms with Gasteiger partial charge in [0.05, 0.1) is 18.0 Å². The third-order valence-electron chi connectivity index (χ3n) is 3.81. The van der Waals surface area contributed by atoms with E-state index in [4.69, 9.17) is 16.3 Å². The van der Waals surface area contributed by atoms with Gasteiger partial charge in [0.1, 0.15) is 5.82 Å². The first-order valence-corrected chi connectivity index (χ1v) is 8.91. The molecule has 1 aromatic heterocycles. The lowest BCUT2D eigenvalue weighted by Gasteiger charge is -2.12. The molecule has 0 saturated heterocycles. The molecule has 0 spiro atoms. The Balaban J connectivity index is 2.04. The molecular formula is C20H15ClFN3O4. The predicted octanol–water partition coefficient (Wildman–Crippen LogP) is 3.45. The van der Waals surface area contributed by atoms with Crippen LogP contribution in [0.4, 0.5) is 10.1 Å². The molecule has 0 bridgehead atoms. The summed E-state index contributed by atoms with van der Waals surface area (Å²) in [5.41, 5.74) is -0.543. The smallest absolute Gasteiger partial charge is 0.360 e. The number of nitrogens with one attached hydrogen (secondary N) is 1. The van der Waals surface area contributed by atoms with Crippen molar-refractivity contribution in [3.63, 3.8) is 0 Å². The zero-order chi connectivity index (χ0) is 21.0. The van der Waals surface area contributed by atoms with Gasteiger partial charge in [0.15, 0.2) is 5.69 Å². The van der Waals surface area contributed by atoms with Crippen LogP contribution in [0, 0.1) is 5.82 Å². The minimum atomic E-state index is -0.829. The van der Waals surface area contributed by atoms with Gasteiger partial charge in [0.2, 0.25) is 0 Å². The summed E-state index contributed by atoms with van der Waals surface area (Å²) in [7, 11) is 0. The van der Waals surface area contributed by atoms with Crippen molar-refractivity contribution >= 4 is 29.2 Å². The molecule has 3 rings (SSSR count). The van der Waals surface area contributed by atoms with Gasteiger partial charge in [0.25, 0.3) is 11.5 Å². The fourth-order valence-electron chi connectivity index (χ4n) is 2.49. The van der Waals surface area contributed by atoms with Crippen LogP contribution in [0.2, 0.25) is 5.02 Å². The van der Waals surface area contributed by atoms with Crippen LogP contribution in [0.3, 0.4) is 0 Å². The first-order valence-electron chi connectivity index (χ1n) is 8.53. The maximum absolute atomic E-state index is 13.2. The predicted molar refractivity (Wildman–Crippen MR) is 105 cm³/mol. The minimum absolute atomic E-state index is 0.0673. The van der Waals surface area contributed by atoms with Crippen LogP contribution in [0.25, 0.3) is 5.69 Å². The number of hydrogen-bond acceptors (Lipinski definition) is 5. The average Bonchev–Trinajstić information content (AvgIpc) is 2.69. The molecule has 0 aliphatic heterocycles. The molecule has 0 radical (unpaired) electrons. The van der Waals surface area contributed by atoms with Crippen LogP contribution in [0.15, 0.2) is 59.4 Å². The molecule has 0 aliphatic rings. The van der Waals surface area contributed by atoms with Crippen LogP contribution in [-0.2, 0) is 4.74 Å². The van der Waals surface area contributed by atoms with Crippen LogP contribution in [-0.4, -0.2) is 28.3 Å². The molecule has 7 nitrogen and oxygen atoms in total. The summed E-state index contributed by atoms with van der Waals surface area (Å²) in [5.74, 6) is -1.90. The molecule has 3 aromatic rings. The van der Waals surface area contributed by atoms with Crippen molar-refractivity contribution in [2.45, 2.75) is 6.92 Å². The second-order valence-corrected chi connectivity index (χ2v) is 6.25. The van der Waals surface area contributed by atoms with E-state index in [9.17, 15) is 18.8 Å². The minimum Gasteiger partial charge on any atom is -0.461 e. The van der Waals surface area contributed by atoms with E-state index in [1.54, 1.807) is 19.1 Å². The zero-order valence-corrected chi connectivity index (χ0v) is 15.9. The SMILES string of the molecule is CCOC(=O)c1nn(-c2ccc(F)cc2)c(=O)cc1NC(=O)c1cccc(Cl)c1.